The molecule has 2 aromatic heterocycles. The first-order chi connectivity index (χ1) is 24.0. The molecule has 7 rings (SSSR count). The van der Waals surface area contributed by atoms with Gasteiger partial charge in [-0.3, -0.25) is 9.36 Å². The Hall–Kier alpha value is -5.62. The standard InChI is InChI=1S/C38H36N6O5/c1-46-29-17-13-27(14-18-29)38(26-11-7-4-8-12-26,28-15-19-30(47-2)20-16-28)48-22-32-31(39)21-33(49-32)44-24-42-34-35(40-23-41-36(34)44)43-37(45)25-9-5-3-6-10-25/h3-20,23-24,31-33H,21-22,39H2,1-2H3,(H,40,41,43,45)/t31-,32-,33-/m1/s1. The minimum Gasteiger partial charge on any atom is -0.497 e. The number of ether oxygens (including phenoxy) is 4. The number of aromatic nitrogens is 4. The van der Waals surface area contributed by atoms with Gasteiger partial charge in [-0.15, -0.1) is 0 Å². The molecule has 49 heavy (non-hydrogen) atoms. The molecule has 6 aromatic rings. The van der Waals surface area contributed by atoms with Gasteiger partial charge in [-0.25, -0.2) is 15.0 Å². The zero-order chi connectivity index (χ0) is 33.8. The molecule has 11 nitrogen and oxygen atoms in total. The smallest absolute Gasteiger partial charge is 0.256 e. The van der Waals surface area contributed by atoms with Crippen LogP contribution in [0.4, 0.5) is 5.82 Å². The van der Waals surface area contributed by atoms with Crippen LogP contribution in [0.3, 0.4) is 0 Å². The molecule has 0 unspecified atom stereocenters. The molecule has 0 radical (unpaired) electrons. The highest BCUT2D eigenvalue weighted by Gasteiger charge is 2.42. The lowest BCUT2D eigenvalue weighted by Crippen LogP contribution is -2.40. The molecule has 0 aliphatic carbocycles. The maximum atomic E-state index is 12.9. The summed E-state index contributed by atoms with van der Waals surface area (Å²) in [6.07, 6.45) is 2.62. The van der Waals surface area contributed by atoms with Gasteiger partial charge in [0.25, 0.3) is 5.91 Å². The van der Waals surface area contributed by atoms with Gasteiger partial charge in [0.05, 0.1) is 33.3 Å². The fourth-order valence-corrected chi connectivity index (χ4v) is 6.29. The van der Waals surface area contributed by atoms with Crippen LogP contribution in [0.2, 0.25) is 0 Å². The lowest BCUT2D eigenvalue weighted by Gasteiger charge is -2.37. The molecule has 1 aliphatic heterocycles. The van der Waals surface area contributed by atoms with E-state index in [0.717, 1.165) is 28.2 Å². The lowest BCUT2D eigenvalue weighted by molar-refractivity contribution is -0.0779. The van der Waals surface area contributed by atoms with Crippen molar-refractivity contribution in [3.8, 4) is 11.5 Å². The monoisotopic (exact) mass is 656 g/mol. The van der Waals surface area contributed by atoms with Gasteiger partial charge in [0.1, 0.15) is 29.7 Å². The van der Waals surface area contributed by atoms with E-state index in [0.29, 0.717) is 29.0 Å². The van der Waals surface area contributed by atoms with E-state index in [-0.39, 0.29) is 18.6 Å². The maximum absolute atomic E-state index is 12.9. The highest BCUT2D eigenvalue weighted by atomic mass is 16.6. The van der Waals surface area contributed by atoms with Gasteiger partial charge < -0.3 is 30.0 Å². The largest absolute Gasteiger partial charge is 0.497 e. The van der Waals surface area contributed by atoms with Crippen molar-refractivity contribution in [2.75, 3.05) is 26.1 Å². The van der Waals surface area contributed by atoms with E-state index in [4.69, 9.17) is 24.7 Å². The van der Waals surface area contributed by atoms with Gasteiger partial charge in [-0.2, -0.15) is 0 Å². The van der Waals surface area contributed by atoms with Crippen LogP contribution >= 0.6 is 0 Å². The normalized spacial score (nSPS) is 17.6. The number of anilines is 1. The molecular weight excluding hydrogens is 620 g/mol. The number of carbonyl (C=O) groups excluding carboxylic acids is 1. The summed E-state index contributed by atoms with van der Waals surface area (Å²) in [5.41, 5.74) is 9.97. The summed E-state index contributed by atoms with van der Waals surface area (Å²) >= 11 is 0. The van der Waals surface area contributed by atoms with E-state index in [1.165, 1.54) is 6.33 Å². The van der Waals surface area contributed by atoms with Gasteiger partial charge in [0.2, 0.25) is 0 Å². The van der Waals surface area contributed by atoms with E-state index in [9.17, 15) is 4.79 Å². The summed E-state index contributed by atoms with van der Waals surface area (Å²) in [6, 6.07) is 34.4. The van der Waals surface area contributed by atoms with E-state index >= 15 is 0 Å². The van der Waals surface area contributed by atoms with Gasteiger partial charge in [0.15, 0.2) is 17.0 Å². The Balaban J connectivity index is 1.18. The Bertz CT molecular complexity index is 1970. The van der Waals surface area contributed by atoms with Crippen molar-refractivity contribution in [2.45, 2.75) is 30.4 Å². The van der Waals surface area contributed by atoms with E-state index in [2.05, 4.69) is 32.4 Å². The molecule has 1 saturated heterocycles. The molecule has 248 valence electrons. The predicted octanol–water partition coefficient (Wildman–Crippen LogP) is 5.72. The Morgan fingerprint density at radius 1 is 0.837 bits per heavy atom. The number of rotatable bonds is 11. The van der Waals surface area contributed by atoms with Gasteiger partial charge in [-0.05, 0) is 53.1 Å². The van der Waals surface area contributed by atoms with Crippen LogP contribution in [0.1, 0.15) is 39.7 Å². The fourth-order valence-electron chi connectivity index (χ4n) is 6.29. The van der Waals surface area contributed by atoms with Crippen molar-refractivity contribution >= 4 is 22.9 Å². The van der Waals surface area contributed by atoms with Crippen LogP contribution < -0.4 is 20.5 Å². The number of carbonyl (C=O) groups is 1. The Kier molecular flexibility index (Phi) is 9.03. The number of nitrogens with two attached hydrogens (primary N) is 1. The van der Waals surface area contributed by atoms with Crippen LogP contribution in [0.5, 0.6) is 11.5 Å². The van der Waals surface area contributed by atoms with Crippen LogP contribution in [-0.2, 0) is 15.1 Å². The van der Waals surface area contributed by atoms with Gasteiger partial charge >= 0.3 is 0 Å². The third-order valence-electron chi connectivity index (χ3n) is 8.86. The summed E-state index contributed by atoms with van der Waals surface area (Å²) in [5.74, 6) is 1.50. The second kappa shape index (κ2) is 13.9. The third-order valence-corrected chi connectivity index (χ3v) is 8.86. The van der Waals surface area contributed by atoms with E-state index < -0.39 is 17.9 Å². The Morgan fingerprint density at radius 3 is 2.04 bits per heavy atom. The van der Waals surface area contributed by atoms with Crippen molar-refractivity contribution in [2.24, 2.45) is 5.73 Å². The molecule has 0 spiro atoms. The van der Waals surface area contributed by atoms with Crippen LogP contribution in [0, 0.1) is 0 Å². The molecule has 1 aliphatic rings. The number of nitrogens with one attached hydrogen (secondary N) is 1. The number of hydrogen-bond donors (Lipinski definition) is 2. The zero-order valence-electron chi connectivity index (χ0n) is 27.1. The molecule has 0 saturated carbocycles. The number of imidazole rings is 1. The molecule has 4 aromatic carbocycles. The average Bonchev–Trinajstić information content (AvgIpc) is 3.76. The van der Waals surface area contributed by atoms with Crippen molar-refractivity contribution in [3.05, 3.63) is 144 Å². The van der Waals surface area contributed by atoms with Gasteiger partial charge in [0, 0.05) is 18.0 Å². The number of fused-ring (bicyclic) bond motifs is 1. The second-order valence-corrected chi connectivity index (χ2v) is 11.7. The van der Waals surface area contributed by atoms with Crippen molar-refractivity contribution in [3.63, 3.8) is 0 Å². The van der Waals surface area contributed by atoms with Crippen molar-refractivity contribution in [1.29, 1.82) is 0 Å². The van der Waals surface area contributed by atoms with E-state index in [1.54, 1.807) is 44.8 Å². The summed E-state index contributed by atoms with van der Waals surface area (Å²) < 4.78 is 26.4. The molecule has 3 atom stereocenters. The number of nitrogens with zero attached hydrogens (tertiary/aromatic N) is 4. The van der Waals surface area contributed by atoms with Crippen LogP contribution in [0.25, 0.3) is 11.2 Å². The fraction of sp³-hybridized carbons (Fsp3) is 0.211. The maximum Gasteiger partial charge on any atom is 0.256 e. The van der Waals surface area contributed by atoms with Crippen LogP contribution in [-0.4, -0.2) is 58.4 Å². The third kappa shape index (κ3) is 6.22. The first-order valence-electron chi connectivity index (χ1n) is 15.9. The molecule has 3 heterocycles. The minimum atomic E-state index is -1.01. The average molecular weight is 657 g/mol. The predicted molar refractivity (Wildman–Crippen MR) is 184 cm³/mol. The van der Waals surface area contributed by atoms with Gasteiger partial charge in [-0.1, -0.05) is 72.8 Å². The molecular formula is C38H36N6O5. The van der Waals surface area contributed by atoms with Crippen molar-refractivity contribution in [1.82, 2.24) is 19.5 Å². The first kappa shape index (κ1) is 32.0. The molecule has 0 bridgehead atoms. The Morgan fingerprint density at radius 2 is 1.43 bits per heavy atom. The van der Waals surface area contributed by atoms with Crippen molar-refractivity contribution < 1.29 is 23.7 Å². The SMILES string of the molecule is COc1ccc(C(OC[C@H]2O[C@@H](n3cnc4c(NC(=O)c5ccccc5)ncnc43)C[C@H]2N)(c2ccccc2)c2ccc(OC)cc2)cc1. The number of amides is 1. The minimum absolute atomic E-state index is 0.185. The lowest BCUT2D eigenvalue weighted by atomic mass is 9.80. The van der Waals surface area contributed by atoms with Crippen LogP contribution in [0.15, 0.2) is 122 Å². The number of benzene rings is 4. The highest BCUT2D eigenvalue weighted by Crippen LogP contribution is 2.43. The number of hydrogen-bond acceptors (Lipinski definition) is 9. The number of methoxy groups -OCH3 is 2. The topological polar surface area (TPSA) is 136 Å². The molecule has 1 fully saturated rings. The zero-order valence-corrected chi connectivity index (χ0v) is 27.1. The quantitative estimate of drug-likeness (QED) is 0.168. The summed E-state index contributed by atoms with van der Waals surface area (Å²) in [7, 11) is 3.29. The second-order valence-electron chi connectivity index (χ2n) is 11.7. The van der Waals surface area contributed by atoms with E-state index in [1.807, 2.05) is 77.4 Å². The summed E-state index contributed by atoms with van der Waals surface area (Å²) in [4.78, 5) is 26.2. The summed E-state index contributed by atoms with van der Waals surface area (Å²) in [6.45, 7) is 0.185. The molecule has 3 N–H and O–H groups in total. The molecule has 1 amide bonds. The summed E-state index contributed by atoms with van der Waals surface area (Å²) in [5, 5.41) is 2.85. The first-order valence-corrected chi connectivity index (χ1v) is 15.9. The highest BCUT2D eigenvalue weighted by molar-refractivity contribution is 6.06. The Labute approximate surface area is 283 Å². The molecule has 11 heteroatoms.